The molecule has 0 saturated carbocycles. The van der Waals surface area contributed by atoms with E-state index in [4.69, 9.17) is 37.5 Å². The number of anilines is 1. The molecule has 3 aromatic rings. The Morgan fingerprint density at radius 2 is 1.55 bits per heavy atom. The van der Waals surface area contributed by atoms with Gasteiger partial charge in [-0.2, -0.15) is 9.59 Å². The minimum absolute atomic E-state index is 0.250. The first-order chi connectivity index (χ1) is 18.1. The predicted octanol–water partition coefficient (Wildman–Crippen LogP) is 6.65. The SMILES string of the molecule is Cc1ccc(N2CC3(CCN(Cc4cc(Cl)c(-c5ccc(F)c(F)c5)c(Cl)c4)CC3)OC2=O)cc1.O=C=O. The lowest BCUT2D eigenvalue weighted by atomic mass is 9.91. The van der Waals surface area contributed by atoms with E-state index in [9.17, 15) is 13.6 Å². The van der Waals surface area contributed by atoms with Crippen LogP contribution in [0.2, 0.25) is 10.0 Å². The normalized spacial score (nSPS) is 16.6. The number of hydrogen-bond acceptors (Lipinski definition) is 5. The number of ether oxygens (including phenoxy) is 1. The summed E-state index contributed by atoms with van der Waals surface area (Å²) in [6.45, 7) is 4.71. The third-order valence-electron chi connectivity index (χ3n) is 6.80. The van der Waals surface area contributed by atoms with E-state index in [0.717, 1.165) is 54.9 Å². The summed E-state index contributed by atoms with van der Waals surface area (Å²) in [5.41, 5.74) is 3.33. The first-order valence-electron chi connectivity index (χ1n) is 11.9. The van der Waals surface area contributed by atoms with Crippen LogP contribution in [0.25, 0.3) is 11.1 Å². The largest absolute Gasteiger partial charge is 0.441 e. The van der Waals surface area contributed by atoms with Crippen LogP contribution in [0.5, 0.6) is 0 Å². The van der Waals surface area contributed by atoms with Gasteiger partial charge in [-0.3, -0.25) is 9.80 Å². The Hall–Kier alpha value is -3.29. The molecule has 198 valence electrons. The van der Waals surface area contributed by atoms with E-state index in [-0.39, 0.29) is 12.2 Å². The van der Waals surface area contributed by atoms with Crippen molar-refractivity contribution in [3.8, 4) is 11.1 Å². The number of amides is 1. The van der Waals surface area contributed by atoms with Crippen molar-refractivity contribution in [2.24, 2.45) is 0 Å². The second-order valence-corrected chi connectivity index (χ2v) is 10.2. The smallest absolute Gasteiger partial charge is 0.415 e. The maximum absolute atomic E-state index is 13.7. The topological polar surface area (TPSA) is 66.9 Å². The molecule has 0 unspecified atom stereocenters. The highest BCUT2D eigenvalue weighted by atomic mass is 35.5. The van der Waals surface area contributed by atoms with Gasteiger partial charge in [0.15, 0.2) is 11.6 Å². The molecule has 1 spiro atoms. The molecule has 2 fully saturated rings. The van der Waals surface area contributed by atoms with Crippen LogP contribution < -0.4 is 4.90 Å². The van der Waals surface area contributed by atoms with Gasteiger partial charge in [-0.05, 0) is 54.4 Å². The molecule has 6 nitrogen and oxygen atoms in total. The van der Waals surface area contributed by atoms with Gasteiger partial charge in [-0.1, -0.05) is 47.0 Å². The molecule has 3 aromatic carbocycles. The Bertz CT molecular complexity index is 1350. The van der Waals surface area contributed by atoms with Crippen LogP contribution >= 0.6 is 23.2 Å². The molecule has 10 heteroatoms. The Morgan fingerprint density at radius 1 is 0.947 bits per heavy atom. The minimum Gasteiger partial charge on any atom is -0.441 e. The van der Waals surface area contributed by atoms with E-state index in [0.29, 0.717) is 34.3 Å². The zero-order valence-corrected chi connectivity index (χ0v) is 22.0. The summed E-state index contributed by atoms with van der Waals surface area (Å²) in [6.07, 6.45) is 1.42. The summed E-state index contributed by atoms with van der Waals surface area (Å²) in [6, 6.07) is 15.1. The molecule has 0 bridgehead atoms. The number of carbonyl (C=O) groups excluding carboxylic acids is 3. The molecule has 5 rings (SSSR count). The van der Waals surface area contributed by atoms with E-state index in [2.05, 4.69) is 4.90 Å². The van der Waals surface area contributed by atoms with Gasteiger partial charge in [0.1, 0.15) is 5.60 Å². The lowest BCUT2D eigenvalue weighted by molar-refractivity contribution is -0.191. The number of carbonyl (C=O) groups is 1. The third kappa shape index (κ3) is 6.05. The fourth-order valence-electron chi connectivity index (χ4n) is 4.83. The Balaban J connectivity index is 0.00000107. The van der Waals surface area contributed by atoms with Crippen molar-refractivity contribution in [2.45, 2.75) is 31.9 Å². The van der Waals surface area contributed by atoms with Gasteiger partial charge >= 0.3 is 12.2 Å². The first-order valence-corrected chi connectivity index (χ1v) is 12.6. The maximum Gasteiger partial charge on any atom is 0.415 e. The minimum atomic E-state index is -0.950. The number of benzene rings is 3. The molecule has 38 heavy (non-hydrogen) atoms. The molecule has 2 saturated heterocycles. The van der Waals surface area contributed by atoms with Crippen LogP contribution in [0.4, 0.5) is 19.3 Å². The molecule has 0 aliphatic carbocycles. The number of halogens is 4. The van der Waals surface area contributed by atoms with Crippen molar-refractivity contribution in [2.75, 3.05) is 24.5 Å². The van der Waals surface area contributed by atoms with Crippen molar-refractivity contribution in [1.29, 1.82) is 0 Å². The Labute approximate surface area is 228 Å². The molecular formula is C28H24Cl2F2N2O4. The molecule has 1 amide bonds. The average Bonchev–Trinajstić information content (AvgIpc) is 3.19. The molecule has 0 aromatic heterocycles. The van der Waals surface area contributed by atoms with E-state index in [1.807, 2.05) is 43.3 Å². The molecule has 0 atom stereocenters. The van der Waals surface area contributed by atoms with Gasteiger partial charge in [0.05, 0.1) is 16.6 Å². The molecular weight excluding hydrogens is 537 g/mol. The summed E-state index contributed by atoms with van der Waals surface area (Å²) in [5, 5.41) is 0.760. The van der Waals surface area contributed by atoms with Gasteiger partial charge in [0.2, 0.25) is 0 Å². The summed E-state index contributed by atoms with van der Waals surface area (Å²) in [5.74, 6) is -1.87. The fourth-order valence-corrected chi connectivity index (χ4v) is 5.58. The molecule has 0 N–H and O–H groups in total. The third-order valence-corrected chi connectivity index (χ3v) is 7.40. The zero-order valence-electron chi connectivity index (χ0n) is 20.5. The van der Waals surface area contributed by atoms with Gasteiger partial charge < -0.3 is 4.74 Å². The number of hydrogen-bond donors (Lipinski definition) is 0. The first kappa shape index (κ1) is 27.7. The van der Waals surface area contributed by atoms with Crippen LogP contribution in [-0.2, 0) is 20.9 Å². The van der Waals surface area contributed by atoms with Crippen LogP contribution in [-0.4, -0.2) is 42.4 Å². The van der Waals surface area contributed by atoms with E-state index < -0.39 is 17.2 Å². The molecule has 0 radical (unpaired) electrons. The van der Waals surface area contributed by atoms with Crippen LogP contribution in [0.1, 0.15) is 24.0 Å². The van der Waals surface area contributed by atoms with Gasteiger partial charge in [0.25, 0.3) is 0 Å². The Kier molecular flexibility index (Phi) is 8.48. The highest BCUT2D eigenvalue weighted by Crippen LogP contribution is 2.39. The van der Waals surface area contributed by atoms with Gasteiger partial charge in [-0.15, -0.1) is 0 Å². The predicted molar refractivity (Wildman–Crippen MR) is 139 cm³/mol. The lowest BCUT2D eigenvalue weighted by Gasteiger charge is -2.37. The second kappa shape index (κ2) is 11.6. The fraction of sp³-hybridized carbons (Fsp3) is 0.286. The molecule has 2 aliphatic rings. The van der Waals surface area contributed by atoms with Crippen molar-refractivity contribution in [3.05, 3.63) is 87.4 Å². The van der Waals surface area contributed by atoms with Crippen LogP contribution in [0, 0.1) is 18.6 Å². The Morgan fingerprint density at radius 3 is 2.13 bits per heavy atom. The quantitative estimate of drug-likeness (QED) is 0.357. The van der Waals surface area contributed by atoms with Crippen molar-refractivity contribution in [3.63, 3.8) is 0 Å². The van der Waals surface area contributed by atoms with Gasteiger partial charge in [0, 0.05) is 43.7 Å². The van der Waals surface area contributed by atoms with Crippen molar-refractivity contribution >= 4 is 41.1 Å². The monoisotopic (exact) mass is 560 g/mol. The molecule has 2 heterocycles. The average molecular weight is 561 g/mol. The standard InChI is InChI=1S/C27H24Cl2F2N2O2.CO2/c1-17-2-5-20(6-3-17)33-16-27(35-26(33)34)8-10-32(11-9-27)15-18-12-21(28)25(22(29)13-18)19-4-7-23(30)24(31)14-19;2-1-3/h2-7,12-14H,8-11,15-16H2,1H3;. The second-order valence-electron chi connectivity index (χ2n) is 9.40. The number of aryl methyl sites for hydroxylation is 1. The number of rotatable bonds is 4. The number of nitrogens with zero attached hydrogens (tertiary/aromatic N) is 2. The van der Waals surface area contributed by atoms with E-state index in [1.165, 1.54) is 6.07 Å². The maximum atomic E-state index is 13.7. The van der Waals surface area contributed by atoms with Crippen LogP contribution in [0.15, 0.2) is 54.6 Å². The number of likely N-dealkylation sites (tertiary alicyclic amines) is 1. The van der Waals surface area contributed by atoms with Crippen molar-refractivity contribution in [1.82, 2.24) is 4.90 Å². The zero-order chi connectivity index (χ0) is 27.4. The lowest BCUT2D eigenvalue weighted by Crippen LogP contribution is -2.46. The summed E-state index contributed by atoms with van der Waals surface area (Å²) >= 11 is 13.0. The van der Waals surface area contributed by atoms with Crippen LogP contribution in [0.3, 0.4) is 0 Å². The summed E-state index contributed by atoms with van der Waals surface area (Å²) in [7, 11) is 0. The number of piperidine rings is 1. The highest BCUT2D eigenvalue weighted by Gasteiger charge is 2.47. The summed E-state index contributed by atoms with van der Waals surface area (Å²) < 4.78 is 32.9. The van der Waals surface area contributed by atoms with E-state index >= 15 is 0 Å². The van der Waals surface area contributed by atoms with E-state index in [1.54, 1.807) is 4.90 Å². The highest BCUT2D eigenvalue weighted by molar-refractivity contribution is 6.39. The molecule has 2 aliphatic heterocycles. The summed E-state index contributed by atoms with van der Waals surface area (Å²) in [4.78, 5) is 32.8. The van der Waals surface area contributed by atoms with Crippen molar-refractivity contribution < 1.29 is 27.9 Å². The van der Waals surface area contributed by atoms with Gasteiger partial charge in [-0.25, -0.2) is 13.6 Å².